The molecule has 1 unspecified atom stereocenters. The van der Waals surface area contributed by atoms with Crippen molar-refractivity contribution in [1.82, 2.24) is 0 Å². The Balaban J connectivity index is 2.31. The van der Waals surface area contributed by atoms with Crippen LogP contribution in [0, 0.1) is 0 Å². The molecule has 3 nitrogen and oxygen atoms in total. The fourth-order valence-corrected chi connectivity index (χ4v) is 2.00. The summed E-state index contributed by atoms with van der Waals surface area (Å²) in [6, 6.07) is 5.29. The van der Waals surface area contributed by atoms with Crippen LogP contribution in [0.5, 0.6) is 5.75 Å². The molecule has 0 heterocycles. The summed E-state index contributed by atoms with van der Waals surface area (Å²) in [6.45, 7) is 0.299. The predicted octanol–water partition coefficient (Wildman–Crippen LogP) is 0.571. The SMILES string of the molecule is NCC1(O)CCc2cc(O)ccc2C1. The molecule has 0 aromatic heterocycles. The third-order valence-corrected chi connectivity index (χ3v) is 2.95. The zero-order valence-electron chi connectivity index (χ0n) is 8.03. The maximum atomic E-state index is 10.0. The van der Waals surface area contributed by atoms with Crippen molar-refractivity contribution in [2.75, 3.05) is 6.54 Å². The molecule has 3 heteroatoms. The highest BCUT2D eigenvalue weighted by Gasteiger charge is 2.30. The molecule has 1 aliphatic rings. The van der Waals surface area contributed by atoms with Crippen LogP contribution in [-0.4, -0.2) is 22.4 Å². The summed E-state index contributed by atoms with van der Waals surface area (Å²) in [7, 11) is 0. The van der Waals surface area contributed by atoms with E-state index in [4.69, 9.17) is 5.73 Å². The van der Waals surface area contributed by atoms with Gasteiger partial charge in [0.2, 0.25) is 0 Å². The number of aromatic hydroxyl groups is 1. The first-order chi connectivity index (χ1) is 6.63. The quantitative estimate of drug-likeness (QED) is 0.611. The van der Waals surface area contributed by atoms with Crippen molar-refractivity contribution in [2.24, 2.45) is 5.73 Å². The molecule has 0 bridgehead atoms. The van der Waals surface area contributed by atoms with Gasteiger partial charge in [0.1, 0.15) is 5.75 Å². The summed E-state index contributed by atoms with van der Waals surface area (Å²) in [6.07, 6.45) is 2.07. The predicted molar refractivity (Wildman–Crippen MR) is 54.1 cm³/mol. The molecule has 4 N–H and O–H groups in total. The van der Waals surface area contributed by atoms with Gasteiger partial charge in [-0.15, -0.1) is 0 Å². The third kappa shape index (κ3) is 1.61. The van der Waals surface area contributed by atoms with Crippen molar-refractivity contribution in [3.05, 3.63) is 29.3 Å². The lowest BCUT2D eigenvalue weighted by molar-refractivity contribution is 0.0353. The molecule has 0 amide bonds. The van der Waals surface area contributed by atoms with Gasteiger partial charge < -0.3 is 15.9 Å². The van der Waals surface area contributed by atoms with Crippen LogP contribution in [-0.2, 0) is 12.8 Å². The molecule has 1 aromatic rings. The van der Waals surface area contributed by atoms with Crippen LogP contribution in [0.4, 0.5) is 0 Å². The highest BCUT2D eigenvalue weighted by molar-refractivity contribution is 5.37. The monoisotopic (exact) mass is 193 g/mol. The normalized spacial score (nSPS) is 25.9. The number of phenolic OH excluding ortho intramolecular Hbond substituents is 1. The Hall–Kier alpha value is -1.06. The van der Waals surface area contributed by atoms with Gasteiger partial charge in [-0.05, 0) is 36.1 Å². The molecule has 0 saturated carbocycles. The van der Waals surface area contributed by atoms with Crippen LogP contribution < -0.4 is 5.73 Å². The number of rotatable bonds is 1. The fourth-order valence-electron chi connectivity index (χ4n) is 2.00. The molecular weight excluding hydrogens is 178 g/mol. The molecule has 1 atom stereocenters. The van der Waals surface area contributed by atoms with Gasteiger partial charge in [-0.1, -0.05) is 6.07 Å². The molecule has 0 saturated heterocycles. The lowest BCUT2D eigenvalue weighted by atomic mass is 9.80. The third-order valence-electron chi connectivity index (χ3n) is 2.95. The molecule has 0 spiro atoms. The smallest absolute Gasteiger partial charge is 0.115 e. The number of nitrogens with two attached hydrogens (primary N) is 1. The summed E-state index contributed by atoms with van der Waals surface area (Å²) in [5.74, 6) is 0.293. The second-order valence-electron chi connectivity index (χ2n) is 4.06. The average Bonchev–Trinajstić information content (AvgIpc) is 2.19. The first kappa shape index (κ1) is 9.49. The average molecular weight is 193 g/mol. The van der Waals surface area contributed by atoms with Crippen LogP contribution in [0.1, 0.15) is 17.5 Å². The topological polar surface area (TPSA) is 66.5 Å². The van der Waals surface area contributed by atoms with Crippen molar-refractivity contribution in [2.45, 2.75) is 24.9 Å². The molecular formula is C11H15NO2. The lowest BCUT2D eigenvalue weighted by Crippen LogP contribution is -2.42. The maximum absolute atomic E-state index is 10.0. The van der Waals surface area contributed by atoms with Gasteiger partial charge in [0.15, 0.2) is 0 Å². The van der Waals surface area contributed by atoms with Crippen molar-refractivity contribution < 1.29 is 10.2 Å². The maximum Gasteiger partial charge on any atom is 0.115 e. The Morgan fingerprint density at radius 3 is 2.86 bits per heavy atom. The number of aliphatic hydroxyl groups is 1. The van der Waals surface area contributed by atoms with Crippen molar-refractivity contribution >= 4 is 0 Å². The summed E-state index contributed by atoms with van der Waals surface area (Å²) >= 11 is 0. The minimum Gasteiger partial charge on any atom is -0.508 e. The first-order valence-electron chi connectivity index (χ1n) is 4.86. The Morgan fingerprint density at radius 1 is 1.36 bits per heavy atom. The minimum atomic E-state index is -0.746. The highest BCUT2D eigenvalue weighted by Crippen LogP contribution is 2.30. The molecule has 2 rings (SSSR count). The van der Waals surface area contributed by atoms with E-state index in [1.807, 2.05) is 6.07 Å². The van der Waals surface area contributed by atoms with E-state index >= 15 is 0 Å². The molecule has 1 aromatic carbocycles. The lowest BCUT2D eigenvalue weighted by Gasteiger charge is -2.32. The molecule has 0 radical (unpaired) electrons. The molecule has 76 valence electrons. The second-order valence-corrected chi connectivity index (χ2v) is 4.06. The van der Waals surface area contributed by atoms with Crippen LogP contribution in [0.2, 0.25) is 0 Å². The molecule has 0 aliphatic heterocycles. The van der Waals surface area contributed by atoms with Crippen LogP contribution in [0.15, 0.2) is 18.2 Å². The number of fused-ring (bicyclic) bond motifs is 1. The Morgan fingerprint density at radius 2 is 2.14 bits per heavy atom. The van der Waals surface area contributed by atoms with E-state index in [-0.39, 0.29) is 0 Å². The van der Waals surface area contributed by atoms with Crippen LogP contribution in [0.25, 0.3) is 0 Å². The van der Waals surface area contributed by atoms with Crippen LogP contribution in [0.3, 0.4) is 0 Å². The zero-order chi connectivity index (χ0) is 10.2. The Labute approximate surface area is 83.2 Å². The Bertz CT molecular complexity index is 351. The minimum absolute atomic E-state index is 0.293. The summed E-state index contributed by atoms with van der Waals surface area (Å²) in [5, 5.41) is 19.3. The number of aryl methyl sites for hydroxylation is 1. The molecule has 0 fully saturated rings. The molecule has 1 aliphatic carbocycles. The summed E-state index contributed by atoms with van der Waals surface area (Å²) < 4.78 is 0. The largest absolute Gasteiger partial charge is 0.508 e. The first-order valence-corrected chi connectivity index (χ1v) is 4.86. The number of hydrogen-bond donors (Lipinski definition) is 3. The van der Waals surface area contributed by atoms with Gasteiger partial charge in [-0.25, -0.2) is 0 Å². The van der Waals surface area contributed by atoms with E-state index in [1.165, 1.54) is 0 Å². The van der Waals surface area contributed by atoms with E-state index in [0.717, 1.165) is 17.5 Å². The van der Waals surface area contributed by atoms with Gasteiger partial charge in [0.05, 0.1) is 5.60 Å². The van der Waals surface area contributed by atoms with E-state index in [1.54, 1.807) is 12.1 Å². The van der Waals surface area contributed by atoms with Gasteiger partial charge >= 0.3 is 0 Å². The van der Waals surface area contributed by atoms with Gasteiger partial charge in [-0.2, -0.15) is 0 Å². The fraction of sp³-hybridized carbons (Fsp3) is 0.455. The zero-order valence-corrected chi connectivity index (χ0v) is 8.03. The summed E-state index contributed by atoms with van der Waals surface area (Å²) in [4.78, 5) is 0. The van der Waals surface area contributed by atoms with Crippen molar-refractivity contribution in [3.63, 3.8) is 0 Å². The standard InChI is InChI=1S/C11H15NO2/c12-7-11(14)4-3-8-5-10(13)2-1-9(8)6-11/h1-2,5,13-14H,3-4,6-7,12H2. The highest BCUT2D eigenvalue weighted by atomic mass is 16.3. The van der Waals surface area contributed by atoms with E-state index in [9.17, 15) is 10.2 Å². The Kier molecular flexibility index (Phi) is 2.21. The molecule has 14 heavy (non-hydrogen) atoms. The number of phenols is 1. The number of benzene rings is 1. The summed E-state index contributed by atoms with van der Waals surface area (Å²) in [5.41, 5.74) is 7.01. The van der Waals surface area contributed by atoms with Gasteiger partial charge in [-0.3, -0.25) is 0 Å². The van der Waals surface area contributed by atoms with Crippen molar-refractivity contribution in [3.8, 4) is 5.75 Å². The number of hydrogen-bond acceptors (Lipinski definition) is 3. The van der Waals surface area contributed by atoms with Crippen molar-refractivity contribution in [1.29, 1.82) is 0 Å². The van der Waals surface area contributed by atoms with Gasteiger partial charge in [0.25, 0.3) is 0 Å². The van der Waals surface area contributed by atoms with Crippen LogP contribution >= 0.6 is 0 Å². The second kappa shape index (κ2) is 3.26. The van der Waals surface area contributed by atoms with E-state index < -0.39 is 5.60 Å². The van der Waals surface area contributed by atoms with Gasteiger partial charge in [0, 0.05) is 13.0 Å². The van der Waals surface area contributed by atoms with E-state index in [2.05, 4.69) is 0 Å². The van der Waals surface area contributed by atoms with E-state index in [0.29, 0.717) is 25.1 Å².